The molecule has 0 fully saturated rings. The van der Waals surface area contributed by atoms with Gasteiger partial charge in [-0.15, -0.1) is 11.8 Å². The van der Waals surface area contributed by atoms with Crippen LogP contribution in [-0.2, 0) is 4.74 Å². The minimum absolute atomic E-state index is 0.830. The molecule has 0 aromatic rings. The Bertz CT molecular complexity index is 19.5. The maximum absolute atomic E-state index is 4.95. The van der Waals surface area contributed by atoms with Crippen molar-refractivity contribution in [3.63, 3.8) is 0 Å². The number of rotatable bonds is 3. The number of ether oxygens (including phenoxy) is 1. The van der Waals surface area contributed by atoms with E-state index >= 15 is 0 Å². The van der Waals surface area contributed by atoms with Crippen LogP contribution in [0.3, 0.4) is 0 Å². The summed E-state index contributed by atoms with van der Waals surface area (Å²) in [6.07, 6.45) is 2.02. The highest BCUT2D eigenvalue weighted by Gasteiger charge is 1.72. The van der Waals surface area contributed by atoms with Crippen LogP contribution in [0.5, 0.6) is 0 Å². The molecular formula is C4H10OS. The average Bonchev–Trinajstić information content (AvgIpc) is 1.61. The summed E-state index contributed by atoms with van der Waals surface area (Å²) in [5.41, 5.74) is 0. The van der Waals surface area contributed by atoms with E-state index in [-0.39, 0.29) is 0 Å². The Balaban J connectivity index is 2.34. The van der Waals surface area contributed by atoms with Crippen LogP contribution >= 0.6 is 11.8 Å². The Morgan fingerprint density at radius 2 is 2.33 bits per heavy atom. The molecule has 0 unspecified atom stereocenters. The fourth-order valence-corrected chi connectivity index (χ4v) is 0.500. The van der Waals surface area contributed by atoms with Gasteiger partial charge in [0.05, 0.1) is 5.94 Å². The zero-order valence-electron chi connectivity index (χ0n) is 4.23. The quantitative estimate of drug-likeness (QED) is 0.396. The van der Waals surface area contributed by atoms with Crippen molar-refractivity contribution in [1.29, 1.82) is 0 Å². The third kappa shape index (κ3) is 4.31. The van der Waals surface area contributed by atoms with E-state index in [1.807, 2.05) is 13.2 Å². The SMILES string of the molecule is CCOCSC. The lowest BCUT2D eigenvalue weighted by Gasteiger charge is -1.91. The van der Waals surface area contributed by atoms with Gasteiger partial charge in [-0.3, -0.25) is 0 Å². The van der Waals surface area contributed by atoms with Crippen molar-refractivity contribution in [1.82, 2.24) is 0 Å². The van der Waals surface area contributed by atoms with Gasteiger partial charge in [0, 0.05) is 6.61 Å². The largest absolute Gasteiger partial charge is 0.371 e. The van der Waals surface area contributed by atoms with E-state index in [9.17, 15) is 0 Å². The van der Waals surface area contributed by atoms with Crippen molar-refractivity contribution in [2.24, 2.45) is 0 Å². The minimum atomic E-state index is 0.830. The highest BCUT2D eigenvalue weighted by Crippen LogP contribution is 1.89. The normalized spacial score (nSPS) is 9.00. The number of thioether (sulfide) groups is 1. The first-order valence-corrected chi connectivity index (χ1v) is 3.38. The van der Waals surface area contributed by atoms with E-state index in [2.05, 4.69) is 0 Å². The van der Waals surface area contributed by atoms with Gasteiger partial charge in [0.25, 0.3) is 0 Å². The molecule has 0 spiro atoms. The molecule has 0 aromatic heterocycles. The third-order valence-electron chi connectivity index (χ3n) is 0.405. The van der Waals surface area contributed by atoms with Gasteiger partial charge in [-0.05, 0) is 13.2 Å². The molecule has 0 heterocycles. The summed E-state index contributed by atoms with van der Waals surface area (Å²) in [6, 6.07) is 0. The van der Waals surface area contributed by atoms with E-state index in [1.54, 1.807) is 11.8 Å². The number of hydrogen-bond acceptors (Lipinski definition) is 2. The molecule has 0 aliphatic carbocycles. The molecule has 0 aliphatic heterocycles. The lowest BCUT2D eigenvalue weighted by Crippen LogP contribution is -1.84. The lowest BCUT2D eigenvalue weighted by molar-refractivity contribution is 0.199. The smallest absolute Gasteiger partial charge is 0.0918 e. The average molecular weight is 106 g/mol. The van der Waals surface area contributed by atoms with E-state index in [4.69, 9.17) is 4.74 Å². The third-order valence-corrected chi connectivity index (χ3v) is 0.808. The van der Waals surface area contributed by atoms with Gasteiger partial charge in [-0.25, -0.2) is 0 Å². The van der Waals surface area contributed by atoms with Crippen LogP contribution in [0.25, 0.3) is 0 Å². The van der Waals surface area contributed by atoms with Gasteiger partial charge >= 0.3 is 0 Å². The van der Waals surface area contributed by atoms with E-state index in [1.165, 1.54) is 0 Å². The molecule has 0 rings (SSSR count). The van der Waals surface area contributed by atoms with Crippen molar-refractivity contribution in [3.8, 4) is 0 Å². The summed E-state index contributed by atoms with van der Waals surface area (Å²) >= 11 is 1.70. The molecule has 1 nitrogen and oxygen atoms in total. The molecule has 0 N–H and O–H groups in total. The molecule has 6 heavy (non-hydrogen) atoms. The fraction of sp³-hybridized carbons (Fsp3) is 1.00. The molecule has 0 radical (unpaired) electrons. The Kier molecular flexibility index (Phi) is 5.58. The second-order valence-corrected chi connectivity index (χ2v) is 1.71. The Morgan fingerprint density at radius 3 is 2.50 bits per heavy atom. The minimum Gasteiger partial charge on any atom is -0.371 e. The van der Waals surface area contributed by atoms with Crippen LogP contribution in [0.2, 0.25) is 0 Å². The zero-order valence-corrected chi connectivity index (χ0v) is 5.05. The molecule has 0 saturated carbocycles. The van der Waals surface area contributed by atoms with Crippen molar-refractivity contribution < 1.29 is 4.74 Å². The first-order valence-electron chi connectivity index (χ1n) is 1.98. The monoisotopic (exact) mass is 106 g/mol. The summed E-state index contributed by atoms with van der Waals surface area (Å²) in [6.45, 7) is 2.83. The fourth-order valence-electron chi connectivity index (χ4n) is 0.167. The van der Waals surface area contributed by atoms with Gasteiger partial charge < -0.3 is 4.74 Å². The zero-order chi connectivity index (χ0) is 4.83. The molecule has 2 heteroatoms. The summed E-state index contributed by atoms with van der Waals surface area (Å²) in [5, 5.41) is 0. The van der Waals surface area contributed by atoms with Crippen LogP contribution in [0.4, 0.5) is 0 Å². The molecule has 0 aromatic carbocycles. The molecule has 0 bridgehead atoms. The van der Waals surface area contributed by atoms with Crippen molar-refractivity contribution in [2.45, 2.75) is 6.92 Å². The standard InChI is InChI=1S/C4H10OS/c1-3-5-4-6-2/h3-4H2,1-2H3. The van der Waals surface area contributed by atoms with Crippen LogP contribution in [0.15, 0.2) is 0 Å². The van der Waals surface area contributed by atoms with Crippen LogP contribution in [0.1, 0.15) is 6.92 Å². The molecule has 0 aliphatic rings. The van der Waals surface area contributed by atoms with Gasteiger partial charge in [0.15, 0.2) is 0 Å². The molecule has 38 valence electrons. The first kappa shape index (κ1) is 6.31. The van der Waals surface area contributed by atoms with Crippen molar-refractivity contribution in [2.75, 3.05) is 18.8 Å². The van der Waals surface area contributed by atoms with Gasteiger partial charge in [-0.1, -0.05) is 0 Å². The van der Waals surface area contributed by atoms with Gasteiger partial charge in [-0.2, -0.15) is 0 Å². The molecule has 0 amide bonds. The first-order chi connectivity index (χ1) is 2.91. The summed E-state index contributed by atoms with van der Waals surface area (Å²) in [5.74, 6) is 0.830. The van der Waals surface area contributed by atoms with Crippen LogP contribution < -0.4 is 0 Å². The van der Waals surface area contributed by atoms with E-state index in [0.29, 0.717) is 0 Å². The molecular weight excluding hydrogens is 96.1 g/mol. The van der Waals surface area contributed by atoms with E-state index in [0.717, 1.165) is 12.5 Å². The highest BCUT2D eigenvalue weighted by atomic mass is 32.2. The van der Waals surface area contributed by atoms with Crippen LogP contribution in [-0.4, -0.2) is 18.8 Å². The summed E-state index contributed by atoms with van der Waals surface area (Å²) in [4.78, 5) is 0. The number of hydrogen-bond donors (Lipinski definition) is 0. The Morgan fingerprint density at radius 1 is 1.67 bits per heavy atom. The molecule has 0 saturated heterocycles. The maximum atomic E-state index is 4.95. The van der Waals surface area contributed by atoms with E-state index < -0.39 is 0 Å². The van der Waals surface area contributed by atoms with Crippen molar-refractivity contribution >= 4 is 11.8 Å². The summed E-state index contributed by atoms with van der Waals surface area (Å²) < 4.78 is 4.95. The maximum Gasteiger partial charge on any atom is 0.0918 e. The second kappa shape index (κ2) is 5.31. The van der Waals surface area contributed by atoms with Crippen LogP contribution in [0, 0.1) is 0 Å². The highest BCUT2D eigenvalue weighted by molar-refractivity contribution is 7.98. The van der Waals surface area contributed by atoms with Crippen molar-refractivity contribution in [3.05, 3.63) is 0 Å². The predicted molar refractivity (Wildman–Crippen MR) is 30.0 cm³/mol. The molecule has 0 atom stereocenters. The van der Waals surface area contributed by atoms with Gasteiger partial charge in [0.1, 0.15) is 0 Å². The predicted octanol–water partition coefficient (Wildman–Crippen LogP) is 1.34. The topological polar surface area (TPSA) is 9.23 Å². The second-order valence-electron chi connectivity index (χ2n) is 0.899. The Hall–Kier alpha value is 0.310. The van der Waals surface area contributed by atoms with Gasteiger partial charge in [0.2, 0.25) is 0 Å². The summed E-state index contributed by atoms with van der Waals surface area (Å²) in [7, 11) is 0. The Labute approximate surface area is 43.1 Å². The lowest BCUT2D eigenvalue weighted by atomic mass is 10.9.